The Morgan fingerprint density at radius 3 is 2.57 bits per heavy atom. The van der Waals surface area contributed by atoms with E-state index in [-0.39, 0.29) is 11.1 Å². The van der Waals surface area contributed by atoms with Gasteiger partial charge in [0.25, 0.3) is 0 Å². The van der Waals surface area contributed by atoms with E-state index in [1.807, 2.05) is 0 Å². The summed E-state index contributed by atoms with van der Waals surface area (Å²) >= 11 is 5.43. The summed E-state index contributed by atoms with van der Waals surface area (Å²) in [5.74, 6) is -1.23. The quantitative estimate of drug-likeness (QED) is 0.361. The Labute approximate surface area is 84.1 Å². The standard InChI is InChI=1S/C8H6ClNO4/c9-7(10(13)14)5-3-1-2-4-6(5)8(11)12/h1-4,7H,(H,11,12). The van der Waals surface area contributed by atoms with Crippen LogP contribution in [0, 0.1) is 10.1 Å². The first-order valence-electron chi connectivity index (χ1n) is 3.64. The lowest BCUT2D eigenvalue weighted by Crippen LogP contribution is -2.09. The second-order valence-electron chi connectivity index (χ2n) is 2.51. The Morgan fingerprint density at radius 2 is 2.07 bits per heavy atom. The van der Waals surface area contributed by atoms with Crippen LogP contribution in [-0.2, 0) is 0 Å². The predicted molar refractivity (Wildman–Crippen MR) is 49.0 cm³/mol. The van der Waals surface area contributed by atoms with Crippen LogP contribution < -0.4 is 0 Å². The molecule has 0 heterocycles. The zero-order valence-corrected chi connectivity index (χ0v) is 7.64. The Hall–Kier alpha value is -1.62. The molecule has 0 saturated heterocycles. The van der Waals surface area contributed by atoms with Gasteiger partial charge in [-0.1, -0.05) is 12.1 Å². The molecule has 0 radical (unpaired) electrons. The molecule has 0 saturated carbocycles. The third-order valence-electron chi connectivity index (χ3n) is 1.63. The predicted octanol–water partition coefficient (Wildman–Crippen LogP) is 1.90. The smallest absolute Gasteiger partial charge is 0.336 e. The van der Waals surface area contributed by atoms with Gasteiger partial charge in [0.05, 0.1) is 11.1 Å². The third kappa shape index (κ3) is 2.00. The summed E-state index contributed by atoms with van der Waals surface area (Å²) in [7, 11) is 0. The van der Waals surface area contributed by atoms with E-state index < -0.39 is 16.4 Å². The van der Waals surface area contributed by atoms with Crippen LogP contribution >= 0.6 is 11.6 Å². The number of rotatable bonds is 3. The highest BCUT2D eigenvalue weighted by molar-refractivity contribution is 6.20. The molecule has 6 heteroatoms. The summed E-state index contributed by atoms with van der Waals surface area (Å²) in [5, 5.41) is 19.1. The summed E-state index contributed by atoms with van der Waals surface area (Å²) in [6.45, 7) is 0. The van der Waals surface area contributed by atoms with Crippen LogP contribution in [0.2, 0.25) is 0 Å². The van der Waals surface area contributed by atoms with Crippen LogP contribution in [0.3, 0.4) is 0 Å². The van der Waals surface area contributed by atoms with E-state index in [2.05, 4.69) is 0 Å². The summed E-state index contributed by atoms with van der Waals surface area (Å²) in [4.78, 5) is 20.3. The number of nitrogens with zero attached hydrogens (tertiary/aromatic N) is 1. The Bertz CT molecular complexity index is 379. The summed E-state index contributed by atoms with van der Waals surface area (Å²) in [5.41, 5.74) is -1.68. The average molecular weight is 216 g/mol. The zero-order valence-electron chi connectivity index (χ0n) is 6.88. The highest BCUT2D eigenvalue weighted by Gasteiger charge is 2.24. The Balaban J connectivity index is 3.19. The number of aromatic carboxylic acids is 1. The van der Waals surface area contributed by atoms with Gasteiger partial charge in [0.2, 0.25) is 0 Å². The molecule has 0 aliphatic rings. The van der Waals surface area contributed by atoms with Crippen molar-refractivity contribution in [2.24, 2.45) is 0 Å². The molecule has 1 aromatic rings. The molecule has 0 aliphatic carbocycles. The van der Waals surface area contributed by atoms with Crippen molar-refractivity contribution in [3.8, 4) is 0 Å². The van der Waals surface area contributed by atoms with E-state index >= 15 is 0 Å². The second kappa shape index (κ2) is 4.06. The third-order valence-corrected chi connectivity index (χ3v) is 2.03. The van der Waals surface area contributed by atoms with Gasteiger partial charge in [0, 0.05) is 4.92 Å². The molecule has 74 valence electrons. The number of carboxylic acids is 1. The first-order chi connectivity index (χ1) is 6.54. The van der Waals surface area contributed by atoms with Crippen LogP contribution in [-0.4, -0.2) is 16.0 Å². The van der Waals surface area contributed by atoms with Crippen molar-refractivity contribution < 1.29 is 14.8 Å². The molecule has 14 heavy (non-hydrogen) atoms. The molecular formula is C8H6ClNO4. The minimum Gasteiger partial charge on any atom is -0.478 e. The maximum atomic E-state index is 10.7. The van der Waals surface area contributed by atoms with Crippen molar-refractivity contribution in [1.29, 1.82) is 0 Å². The van der Waals surface area contributed by atoms with E-state index in [0.29, 0.717) is 0 Å². The molecule has 1 atom stereocenters. The number of hydrogen-bond acceptors (Lipinski definition) is 3. The van der Waals surface area contributed by atoms with Crippen LogP contribution in [0.5, 0.6) is 0 Å². The van der Waals surface area contributed by atoms with Crippen molar-refractivity contribution in [3.05, 3.63) is 45.5 Å². The number of carboxylic acid groups (broad SMARTS) is 1. The zero-order chi connectivity index (χ0) is 10.7. The van der Waals surface area contributed by atoms with E-state index in [1.54, 1.807) is 0 Å². The topological polar surface area (TPSA) is 80.4 Å². The molecule has 0 fully saturated rings. The molecule has 0 spiro atoms. The van der Waals surface area contributed by atoms with E-state index in [9.17, 15) is 14.9 Å². The molecule has 0 amide bonds. The fourth-order valence-electron chi connectivity index (χ4n) is 1.01. The van der Waals surface area contributed by atoms with Gasteiger partial charge in [-0.15, -0.1) is 0 Å². The molecular weight excluding hydrogens is 210 g/mol. The lowest BCUT2D eigenvalue weighted by Gasteiger charge is -2.04. The highest BCUT2D eigenvalue weighted by atomic mass is 35.5. The van der Waals surface area contributed by atoms with Crippen molar-refractivity contribution in [1.82, 2.24) is 0 Å². The molecule has 5 nitrogen and oxygen atoms in total. The number of nitro groups is 1. The van der Waals surface area contributed by atoms with Crippen LogP contribution in [0.15, 0.2) is 24.3 Å². The van der Waals surface area contributed by atoms with Crippen LogP contribution in [0.25, 0.3) is 0 Å². The summed E-state index contributed by atoms with van der Waals surface area (Å²) in [6, 6.07) is 5.58. The SMILES string of the molecule is O=C(O)c1ccccc1C(Cl)[N+](=O)[O-]. The molecule has 0 bridgehead atoms. The maximum absolute atomic E-state index is 10.7. The van der Waals surface area contributed by atoms with Crippen molar-refractivity contribution in [3.63, 3.8) is 0 Å². The number of carbonyl (C=O) groups is 1. The van der Waals surface area contributed by atoms with Gasteiger partial charge in [-0.3, -0.25) is 10.1 Å². The van der Waals surface area contributed by atoms with Gasteiger partial charge in [-0.25, -0.2) is 4.79 Å². The summed E-state index contributed by atoms with van der Waals surface area (Å²) < 4.78 is 0. The van der Waals surface area contributed by atoms with Gasteiger partial charge in [0.1, 0.15) is 0 Å². The fourth-order valence-corrected chi connectivity index (χ4v) is 1.20. The number of hydrogen-bond donors (Lipinski definition) is 1. The first-order valence-corrected chi connectivity index (χ1v) is 4.07. The minimum absolute atomic E-state index is 0.00772. The molecule has 0 aromatic heterocycles. The minimum atomic E-state index is -1.53. The average Bonchev–Trinajstić information content (AvgIpc) is 2.16. The Kier molecular flexibility index (Phi) is 3.03. The Morgan fingerprint density at radius 1 is 1.50 bits per heavy atom. The lowest BCUT2D eigenvalue weighted by atomic mass is 10.1. The van der Waals surface area contributed by atoms with Crippen molar-refractivity contribution in [2.75, 3.05) is 0 Å². The lowest BCUT2D eigenvalue weighted by molar-refractivity contribution is -0.503. The number of benzene rings is 1. The van der Waals surface area contributed by atoms with E-state index in [4.69, 9.17) is 16.7 Å². The fraction of sp³-hybridized carbons (Fsp3) is 0.125. The van der Waals surface area contributed by atoms with Gasteiger partial charge in [-0.2, -0.15) is 0 Å². The van der Waals surface area contributed by atoms with E-state index in [0.717, 1.165) is 0 Å². The van der Waals surface area contributed by atoms with Crippen molar-refractivity contribution >= 4 is 17.6 Å². The highest BCUT2D eigenvalue weighted by Crippen LogP contribution is 2.24. The number of alkyl halides is 1. The van der Waals surface area contributed by atoms with Gasteiger partial charge in [-0.05, 0) is 23.7 Å². The van der Waals surface area contributed by atoms with Crippen LogP contribution in [0.1, 0.15) is 21.4 Å². The van der Waals surface area contributed by atoms with Gasteiger partial charge >= 0.3 is 11.5 Å². The maximum Gasteiger partial charge on any atom is 0.336 e. The van der Waals surface area contributed by atoms with Crippen molar-refractivity contribution in [2.45, 2.75) is 5.50 Å². The molecule has 0 aliphatic heterocycles. The normalized spacial score (nSPS) is 12.1. The molecule has 1 N–H and O–H groups in total. The monoisotopic (exact) mass is 215 g/mol. The van der Waals surface area contributed by atoms with E-state index in [1.165, 1.54) is 24.3 Å². The summed E-state index contributed by atoms with van der Waals surface area (Å²) in [6.07, 6.45) is 0. The van der Waals surface area contributed by atoms with Crippen LogP contribution in [0.4, 0.5) is 0 Å². The molecule has 1 unspecified atom stereocenters. The molecule has 1 aromatic carbocycles. The number of halogens is 1. The van der Waals surface area contributed by atoms with Gasteiger partial charge < -0.3 is 5.11 Å². The first kappa shape index (κ1) is 10.5. The van der Waals surface area contributed by atoms with Gasteiger partial charge in [0.15, 0.2) is 0 Å². The largest absolute Gasteiger partial charge is 0.478 e. The second-order valence-corrected chi connectivity index (χ2v) is 2.93. The molecule has 1 rings (SSSR count).